The van der Waals surface area contributed by atoms with Crippen LogP contribution in [0.1, 0.15) is 19.4 Å². The summed E-state index contributed by atoms with van der Waals surface area (Å²) in [5, 5.41) is 6.57. The van der Waals surface area contributed by atoms with Crippen molar-refractivity contribution < 1.29 is 19.1 Å². The number of amides is 2. The number of nitrogens with zero attached hydrogens (tertiary/aromatic N) is 1. The Morgan fingerprint density at radius 3 is 2.69 bits per heavy atom. The van der Waals surface area contributed by atoms with Crippen molar-refractivity contribution in [2.24, 2.45) is 5.41 Å². The molecule has 7 heteroatoms. The zero-order valence-electron chi connectivity index (χ0n) is 16.2. The first-order valence-corrected chi connectivity index (χ1v) is 9.27. The molecule has 2 aromatic carbocycles. The fourth-order valence-electron chi connectivity index (χ4n) is 3.04. The van der Waals surface area contributed by atoms with E-state index in [9.17, 15) is 9.59 Å². The number of anilines is 1. The van der Waals surface area contributed by atoms with Crippen LogP contribution in [0.3, 0.4) is 0 Å². The molecule has 0 fully saturated rings. The van der Waals surface area contributed by atoms with Gasteiger partial charge in [-0.25, -0.2) is 0 Å². The molecule has 0 aliphatic carbocycles. The minimum atomic E-state index is -1.27. The van der Waals surface area contributed by atoms with Crippen LogP contribution in [0, 0.1) is 5.41 Å². The molecule has 0 unspecified atom stereocenters. The lowest BCUT2D eigenvalue weighted by Gasteiger charge is -2.23. The number of hydrogen-bond acceptors (Lipinski definition) is 5. The number of nitrogens with one attached hydrogen (secondary N) is 2. The average molecular weight is 391 g/mol. The molecule has 29 heavy (non-hydrogen) atoms. The molecule has 0 spiro atoms. The SMILES string of the molecule is CC(C)(C(=O)NCc1ccc2c(c1)OCO2)C(=O)Nc1cccc2cccnc12. The van der Waals surface area contributed by atoms with Gasteiger partial charge in [0.15, 0.2) is 11.5 Å². The lowest BCUT2D eigenvalue weighted by Crippen LogP contribution is -2.44. The molecule has 1 aliphatic rings. The van der Waals surface area contributed by atoms with Gasteiger partial charge < -0.3 is 20.1 Å². The van der Waals surface area contributed by atoms with Gasteiger partial charge in [-0.3, -0.25) is 14.6 Å². The maximum absolute atomic E-state index is 12.8. The quantitative estimate of drug-likeness (QED) is 0.652. The van der Waals surface area contributed by atoms with Crippen LogP contribution < -0.4 is 20.1 Å². The summed E-state index contributed by atoms with van der Waals surface area (Å²) in [7, 11) is 0. The van der Waals surface area contributed by atoms with Crippen molar-refractivity contribution in [3.63, 3.8) is 0 Å². The normalized spacial score (nSPS) is 12.6. The predicted molar refractivity (Wildman–Crippen MR) is 109 cm³/mol. The Morgan fingerprint density at radius 1 is 1.03 bits per heavy atom. The Hall–Kier alpha value is -3.61. The number of carbonyl (C=O) groups is 2. The molecule has 148 valence electrons. The van der Waals surface area contributed by atoms with Crippen LogP contribution in [0.2, 0.25) is 0 Å². The van der Waals surface area contributed by atoms with Gasteiger partial charge in [0.1, 0.15) is 5.41 Å². The second-order valence-corrected chi connectivity index (χ2v) is 7.33. The van der Waals surface area contributed by atoms with E-state index in [0.717, 1.165) is 10.9 Å². The summed E-state index contributed by atoms with van der Waals surface area (Å²) in [5.74, 6) is 0.556. The third kappa shape index (κ3) is 3.71. The second-order valence-electron chi connectivity index (χ2n) is 7.33. The van der Waals surface area contributed by atoms with E-state index >= 15 is 0 Å². The standard InChI is InChI=1S/C22H21N3O4/c1-22(2,20(26)24-12-14-8-9-17-18(11-14)29-13-28-17)21(27)25-16-7-3-5-15-6-4-10-23-19(15)16/h3-11H,12-13H2,1-2H3,(H,24,26)(H,25,27). The van der Waals surface area contributed by atoms with E-state index in [4.69, 9.17) is 9.47 Å². The van der Waals surface area contributed by atoms with Crippen molar-refractivity contribution in [2.75, 3.05) is 12.1 Å². The van der Waals surface area contributed by atoms with Gasteiger partial charge in [0.2, 0.25) is 18.6 Å². The Morgan fingerprint density at radius 2 is 1.83 bits per heavy atom. The number of carbonyl (C=O) groups excluding carboxylic acids is 2. The van der Waals surface area contributed by atoms with Gasteiger partial charge in [-0.15, -0.1) is 0 Å². The summed E-state index contributed by atoms with van der Waals surface area (Å²) in [4.78, 5) is 29.9. The number of para-hydroxylation sites is 1. The van der Waals surface area contributed by atoms with Crippen LogP contribution in [0.4, 0.5) is 5.69 Å². The fourth-order valence-corrected chi connectivity index (χ4v) is 3.04. The maximum atomic E-state index is 12.8. The van der Waals surface area contributed by atoms with Crippen LogP contribution >= 0.6 is 0 Å². The van der Waals surface area contributed by atoms with E-state index in [2.05, 4.69) is 15.6 Å². The molecule has 0 saturated heterocycles. The second kappa shape index (κ2) is 7.43. The summed E-state index contributed by atoms with van der Waals surface area (Å²) in [6, 6.07) is 14.7. The summed E-state index contributed by atoms with van der Waals surface area (Å²) in [6.45, 7) is 3.66. The number of hydrogen-bond donors (Lipinski definition) is 2. The third-order valence-corrected chi connectivity index (χ3v) is 4.91. The fraction of sp³-hybridized carbons (Fsp3) is 0.227. The molecular weight excluding hydrogens is 370 g/mol. The van der Waals surface area contributed by atoms with Crippen molar-refractivity contribution >= 4 is 28.4 Å². The molecule has 1 aliphatic heterocycles. The number of pyridine rings is 1. The predicted octanol–water partition coefficient (Wildman–Crippen LogP) is 3.24. The topological polar surface area (TPSA) is 89.5 Å². The number of fused-ring (bicyclic) bond motifs is 2. The van der Waals surface area contributed by atoms with Gasteiger partial charge in [0.05, 0.1) is 11.2 Å². The first-order chi connectivity index (χ1) is 13.9. The molecule has 2 amide bonds. The number of benzene rings is 2. The van der Waals surface area contributed by atoms with E-state index in [1.165, 1.54) is 0 Å². The summed E-state index contributed by atoms with van der Waals surface area (Å²) in [5.41, 5.74) is 0.842. The summed E-state index contributed by atoms with van der Waals surface area (Å²) < 4.78 is 10.6. The van der Waals surface area contributed by atoms with Crippen molar-refractivity contribution in [1.29, 1.82) is 0 Å². The molecule has 2 heterocycles. The minimum Gasteiger partial charge on any atom is -0.454 e. The van der Waals surface area contributed by atoms with Crippen molar-refractivity contribution in [1.82, 2.24) is 10.3 Å². The van der Waals surface area contributed by atoms with Crippen LogP contribution in [0.5, 0.6) is 11.5 Å². The number of rotatable bonds is 5. The third-order valence-electron chi connectivity index (χ3n) is 4.91. The van der Waals surface area contributed by atoms with Gasteiger partial charge in [0.25, 0.3) is 0 Å². The maximum Gasteiger partial charge on any atom is 0.239 e. The monoisotopic (exact) mass is 391 g/mol. The first kappa shape index (κ1) is 18.7. The lowest BCUT2D eigenvalue weighted by atomic mass is 9.90. The van der Waals surface area contributed by atoms with Crippen LogP contribution in [-0.2, 0) is 16.1 Å². The van der Waals surface area contributed by atoms with Gasteiger partial charge >= 0.3 is 0 Å². The van der Waals surface area contributed by atoms with E-state index in [1.54, 1.807) is 32.2 Å². The Balaban J connectivity index is 1.44. The number of ether oxygens (including phenoxy) is 2. The molecule has 0 atom stereocenters. The molecule has 0 bridgehead atoms. The minimum absolute atomic E-state index is 0.196. The summed E-state index contributed by atoms with van der Waals surface area (Å²) in [6.07, 6.45) is 1.67. The first-order valence-electron chi connectivity index (χ1n) is 9.27. The highest BCUT2D eigenvalue weighted by Crippen LogP contribution is 2.32. The number of aromatic nitrogens is 1. The summed E-state index contributed by atoms with van der Waals surface area (Å²) >= 11 is 0. The van der Waals surface area contributed by atoms with Crippen LogP contribution in [0.25, 0.3) is 10.9 Å². The highest BCUT2D eigenvalue weighted by Gasteiger charge is 2.36. The van der Waals surface area contributed by atoms with Crippen molar-refractivity contribution in [3.05, 3.63) is 60.3 Å². The Kier molecular flexibility index (Phi) is 4.80. The Bertz CT molecular complexity index is 1090. The van der Waals surface area contributed by atoms with E-state index in [0.29, 0.717) is 22.7 Å². The lowest BCUT2D eigenvalue weighted by molar-refractivity contribution is -0.138. The molecule has 3 aromatic rings. The average Bonchev–Trinajstić information content (AvgIpc) is 3.20. The molecule has 4 rings (SSSR count). The van der Waals surface area contributed by atoms with E-state index < -0.39 is 11.3 Å². The van der Waals surface area contributed by atoms with Gasteiger partial charge in [-0.05, 0) is 43.7 Å². The molecule has 1 aromatic heterocycles. The Labute approximate surface area is 168 Å². The highest BCUT2D eigenvalue weighted by atomic mass is 16.7. The van der Waals surface area contributed by atoms with E-state index in [-0.39, 0.29) is 19.2 Å². The van der Waals surface area contributed by atoms with Crippen molar-refractivity contribution in [3.8, 4) is 11.5 Å². The van der Waals surface area contributed by atoms with Gasteiger partial charge in [-0.1, -0.05) is 24.3 Å². The van der Waals surface area contributed by atoms with Gasteiger partial charge in [0, 0.05) is 18.1 Å². The molecule has 7 nitrogen and oxygen atoms in total. The zero-order valence-corrected chi connectivity index (χ0v) is 16.2. The van der Waals surface area contributed by atoms with Crippen LogP contribution in [-0.4, -0.2) is 23.6 Å². The van der Waals surface area contributed by atoms with Gasteiger partial charge in [-0.2, -0.15) is 0 Å². The molecular formula is C22H21N3O4. The molecule has 2 N–H and O–H groups in total. The zero-order chi connectivity index (χ0) is 20.4. The largest absolute Gasteiger partial charge is 0.454 e. The highest BCUT2D eigenvalue weighted by molar-refractivity contribution is 6.12. The van der Waals surface area contributed by atoms with Crippen molar-refractivity contribution in [2.45, 2.75) is 20.4 Å². The molecule has 0 radical (unpaired) electrons. The van der Waals surface area contributed by atoms with E-state index in [1.807, 2.05) is 36.4 Å². The smallest absolute Gasteiger partial charge is 0.239 e. The molecule has 0 saturated carbocycles. The van der Waals surface area contributed by atoms with Crippen LogP contribution in [0.15, 0.2) is 54.7 Å².